The number of hydrogen-bond acceptors (Lipinski definition) is 1. The third kappa shape index (κ3) is 4.70. The zero-order valence-corrected chi connectivity index (χ0v) is 15.8. The summed E-state index contributed by atoms with van der Waals surface area (Å²) in [4.78, 5) is 9.52. The number of aromatic nitrogens is 1. The summed E-state index contributed by atoms with van der Waals surface area (Å²) in [5.41, 5.74) is 2.91. The van der Waals surface area contributed by atoms with Crippen LogP contribution in [0.15, 0.2) is 54.9 Å². The van der Waals surface area contributed by atoms with Crippen LogP contribution in [0.1, 0.15) is 24.0 Å². The molecule has 3 heterocycles. The molecule has 4 nitrogen and oxygen atoms in total. The molecule has 1 aromatic carbocycles. The molecule has 0 aliphatic carbocycles. The van der Waals surface area contributed by atoms with Gasteiger partial charge in [-0.05, 0) is 12.1 Å². The number of piperazine rings is 1. The molecule has 0 saturated carbocycles. The monoisotopic (exact) mass is 353 g/mol. The van der Waals surface area contributed by atoms with E-state index >= 15 is 0 Å². The Labute approximate surface area is 157 Å². The van der Waals surface area contributed by atoms with Gasteiger partial charge in [0.1, 0.15) is 39.3 Å². The van der Waals surface area contributed by atoms with Crippen LogP contribution in [0.2, 0.25) is 0 Å². The molecule has 2 aliphatic heterocycles. The van der Waals surface area contributed by atoms with Crippen molar-refractivity contribution in [2.24, 2.45) is 0 Å². The highest BCUT2D eigenvalue weighted by Crippen LogP contribution is 2.00. The second-order valence-corrected chi connectivity index (χ2v) is 8.13. The van der Waals surface area contributed by atoms with Gasteiger partial charge in [-0.25, -0.2) is 0 Å². The second-order valence-electron chi connectivity index (χ2n) is 8.13. The van der Waals surface area contributed by atoms with Crippen LogP contribution in [0.3, 0.4) is 0 Å². The number of piperidine rings is 1. The van der Waals surface area contributed by atoms with Gasteiger partial charge in [0.05, 0.1) is 19.1 Å². The minimum Gasteiger partial charge on any atom is -0.331 e. The molecule has 2 saturated heterocycles. The predicted octanol–water partition coefficient (Wildman–Crippen LogP) is -1.39. The van der Waals surface area contributed by atoms with Crippen LogP contribution in [0, 0.1) is 0 Å². The van der Waals surface area contributed by atoms with Gasteiger partial charge in [0, 0.05) is 36.4 Å². The number of nitrogens with zero attached hydrogens (tertiary/aromatic N) is 1. The molecule has 0 unspecified atom stereocenters. The van der Waals surface area contributed by atoms with E-state index in [4.69, 9.17) is 0 Å². The summed E-state index contributed by atoms with van der Waals surface area (Å²) in [7, 11) is 0. The van der Waals surface area contributed by atoms with Crippen LogP contribution in [-0.4, -0.2) is 50.3 Å². The van der Waals surface area contributed by atoms with Gasteiger partial charge in [-0.1, -0.05) is 30.3 Å². The molecule has 0 atom stereocenters. The number of rotatable bonds is 5. The summed E-state index contributed by atoms with van der Waals surface area (Å²) in [6, 6.07) is 16.2. The second kappa shape index (κ2) is 8.76. The maximum absolute atomic E-state index is 4.13. The van der Waals surface area contributed by atoms with Crippen molar-refractivity contribution in [1.82, 2.24) is 4.98 Å². The molecule has 0 spiro atoms. The van der Waals surface area contributed by atoms with E-state index in [0.717, 1.165) is 12.6 Å². The zero-order chi connectivity index (χ0) is 17.6. The van der Waals surface area contributed by atoms with Gasteiger partial charge in [-0.15, -0.1) is 0 Å². The van der Waals surface area contributed by atoms with Crippen LogP contribution in [0.5, 0.6) is 0 Å². The van der Waals surface area contributed by atoms with E-state index in [2.05, 4.69) is 47.4 Å². The Kier molecular flexibility index (Phi) is 5.95. The number of quaternary nitrogens is 3. The number of nitrogens with one attached hydrogen (secondary N) is 3. The maximum Gasteiger partial charge on any atom is 0.127 e. The topological polar surface area (TPSA) is 26.2 Å². The predicted molar refractivity (Wildman–Crippen MR) is 103 cm³/mol. The average Bonchev–Trinajstić information content (AvgIpc) is 2.71. The SMILES string of the molecule is c1ccc(C[NH+]2CCC([NH+]3CC[NH+](Cc4ccncc4)CC3)CC2)cc1. The van der Waals surface area contributed by atoms with E-state index < -0.39 is 0 Å². The van der Waals surface area contributed by atoms with Crippen molar-refractivity contribution in [3.8, 4) is 0 Å². The van der Waals surface area contributed by atoms with E-state index in [1.165, 1.54) is 69.8 Å². The smallest absolute Gasteiger partial charge is 0.127 e. The summed E-state index contributed by atoms with van der Waals surface area (Å²) in [5.74, 6) is 0. The molecule has 4 rings (SSSR count). The van der Waals surface area contributed by atoms with Crippen LogP contribution in [0.25, 0.3) is 0 Å². The first kappa shape index (κ1) is 17.7. The summed E-state index contributed by atoms with van der Waals surface area (Å²) >= 11 is 0. The summed E-state index contributed by atoms with van der Waals surface area (Å²) < 4.78 is 0. The normalized spacial score (nSPS) is 29.4. The molecule has 0 bridgehead atoms. The van der Waals surface area contributed by atoms with Crippen LogP contribution in [-0.2, 0) is 13.1 Å². The van der Waals surface area contributed by atoms with Gasteiger partial charge in [0.25, 0.3) is 0 Å². The highest BCUT2D eigenvalue weighted by Gasteiger charge is 2.33. The lowest BCUT2D eigenvalue weighted by Gasteiger charge is -2.37. The van der Waals surface area contributed by atoms with Gasteiger partial charge >= 0.3 is 0 Å². The van der Waals surface area contributed by atoms with E-state index in [9.17, 15) is 0 Å². The van der Waals surface area contributed by atoms with Gasteiger partial charge in [0.15, 0.2) is 0 Å². The molecule has 0 radical (unpaired) electrons. The van der Waals surface area contributed by atoms with Crippen molar-refractivity contribution >= 4 is 0 Å². The van der Waals surface area contributed by atoms with E-state index in [-0.39, 0.29) is 0 Å². The molecule has 138 valence electrons. The summed E-state index contributed by atoms with van der Waals surface area (Å²) in [5, 5.41) is 0. The van der Waals surface area contributed by atoms with E-state index in [0.29, 0.717) is 0 Å². The molecule has 1 aromatic heterocycles. The fourth-order valence-corrected chi connectivity index (χ4v) is 4.79. The lowest BCUT2D eigenvalue weighted by atomic mass is 10.0. The lowest BCUT2D eigenvalue weighted by molar-refractivity contribution is -1.04. The van der Waals surface area contributed by atoms with Crippen LogP contribution in [0.4, 0.5) is 0 Å². The third-order valence-corrected chi connectivity index (χ3v) is 6.37. The molecule has 2 fully saturated rings. The van der Waals surface area contributed by atoms with Gasteiger partial charge in [0.2, 0.25) is 0 Å². The number of hydrogen-bond donors (Lipinski definition) is 3. The van der Waals surface area contributed by atoms with Crippen LogP contribution >= 0.6 is 0 Å². The molecule has 26 heavy (non-hydrogen) atoms. The molecule has 4 heteroatoms. The van der Waals surface area contributed by atoms with Crippen molar-refractivity contribution in [3.05, 3.63) is 66.0 Å². The molecular weight excluding hydrogens is 320 g/mol. The average molecular weight is 354 g/mol. The molecule has 2 aromatic rings. The highest BCUT2D eigenvalue weighted by atomic mass is 15.3. The quantitative estimate of drug-likeness (QED) is 0.607. The summed E-state index contributed by atoms with van der Waals surface area (Å²) in [6.07, 6.45) is 6.64. The minimum atomic E-state index is 0.900. The Morgan fingerprint density at radius 2 is 1.27 bits per heavy atom. The van der Waals surface area contributed by atoms with E-state index in [1.807, 2.05) is 17.3 Å². The largest absolute Gasteiger partial charge is 0.331 e. The van der Waals surface area contributed by atoms with Crippen LogP contribution < -0.4 is 14.7 Å². The number of benzene rings is 1. The first-order valence-corrected chi connectivity index (χ1v) is 10.3. The van der Waals surface area contributed by atoms with Gasteiger partial charge in [-0.2, -0.15) is 0 Å². The summed E-state index contributed by atoms with van der Waals surface area (Å²) in [6.45, 7) is 10.4. The number of likely N-dealkylation sites (tertiary alicyclic amines) is 1. The van der Waals surface area contributed by atoms with Crippen molar-refractivity contribution in [3.63, 3.8) is 0 Å². The fourth-order valence-electron chi connectivity index (χ4n) is 4.79. The minimum absolute atomic E-state index is 0.900. The Morgan fingerprint density at radius 3 is 1.92 bits per heavy atom. The number of pyridine rings is 1. The van der Waals surface area contributed by atoms with Crippen molar-refractivity contribution in [2.75, 3.05) is 39.3 Å². The Bertz CT molecular complexity index is 585. The highest BCUT2D eigenvalue weighted by molar-refractivity contribution is 5.13. The fraction of sp³-hybridized carbons (Fsp3) is 0.500. The molecule has 2 aliphatic rings. The lowest BCUT2D eigenvalue weighted by Crippen LogP contribution is -3.30. The maximum atomic E-state index is 4.13. The Hall–Kier alpha value is -1.75. The van der Waals surface area contributed by atoms with E-state index in [1.54, 1.807) is 9.80 Å². The first-order chi connectivity index (χ1) is 12.9. The molecular formula is C22H33N4+3. The Balaban J connectivity index is 1.20. The first-order valence-electron chi connectivity index (χ1n) is 10.3. The third-order valence-electron chi connectivity index (χ3n) is 6.37. The standard InChI is InChI=1S/C22H30N4/c1-2-4-20(5-3-1)18-24-12-8-22(9-13-24)26-16-14-25(15-17-26)19-21-6-10-23-11-7-21/h1-7,10-11,22H,8-9,12-19H2/p+3. The van der Waals surface area contributed by atoms with Gasteiger partial charge in [-0.3, -0.25) is 4.98 Å². The molecule has 0 amide bonds. The van der Waals surface area contributed by atoms with Gasteiger partial charge < -0.3 is 14.7 Å². The Morgan fingerprint density at radius 1 is 0.692 bits per heavy atom. The zero-order valence-electron chi connectivity index (χ0n) is 15.8. The van der Waals surface area contributed by atoms with Crippen molar-refractivity contribution in [2.45, 2.75) is 32.0 Å². The van der Waals surface area contributed by atoms with Crippen molar-refractivity contribution < 1.29 is 14.7 Å². The molecule has 3 N–H and O–H groups in total. The van der Waals surface area contributed by atoms with Crippen molar-refractivity contribution in [1.29, 1.82) is 0 Å².